The van der Waals surface area contributed by atoms with E-state index in [0.717, 1.165) is 25.7 Å². The lowest BCUT2D eigenvalue weighted by Gasteiger charge is -2.38. The molecule has 1 atom stereocenters. The van der Waals surface area contributed by atoms with Gasteiger partial charge in [-0.05, 0) is 31.7 Å². The van der Waals surface area contributed by atoms with Crippen molar-refractivity contribution in [2.24, 2.45) is 0 Å². The van der Waals surface area contributed by atoms with Crippen molar-refractivity contribution in [3.63, 3.8) is 0 Å². The smallest absolute Gasteiger partial charge is 0.296 e. The van der Waals surface area contributed by atoms with Crippen LogP contribution in [0.1, 0.15) is 38.5 Å². The quantitative estimate of drug-likeness (QED) is 0.644. The maximum absolute atomic E-state index is 11.5. The van der Waals surface area contributed by atoms with Gasteiger partial charge in [0, 0.05) is 12.6 Å². The summed E-state index contributed by atoms with van der Waals surface area (Å²) in [6, 6.07) is 3.09. The van der Waals surface area contributed by atoms with Gasteiger partial charge in [-0.2, -0.15) is 0 Å². The van der Waals surface area contributed by atoms with Gasteiger partial charge in [-0.3, -0.25) is 14.9 Å². The van der Waals surface area contributed by atoms with E-state index in [2.05, 4.69) is 10.6 Å². The van der Waals surface area contributed by atoms with Crippen LogP contribution < -0.4 is 15.4 Å². The number of nitrogens with zero attached hydrogens (tertiary/aromatic N) is 1. The van der Waals surface area contributed by atoms with Gasteiger partial charge in [-0.25, -0.2) is 0 Å². The van der Waals surface area contributed by atoms with Crippen LogP contribution >= 0.6 is 0 Å². The van der Waals surface area contributed by atoms with E-state index in [1.54, 1.807) is 6.07 Å². The third-order valence-electron chi connectivity index (χ3n) is 5.29. The highest BCUT2D eigenvalue weighted by Gasteiger charge is 2.40. The summed E-state index contributed by atoms with van der Waals surface area (Å²) >= 11 is 0. The maximum Gasteiger partial charge on any atom is 0.296 e. The minimum absolute atomic E-state index is 0.0399. The number of nitrogens with one attached hydrogen (secondary N) is 2. The van der Waals surface area contributed by atoms with Crippen LogP contribution in [-0.4, -0.2) is 35.7 Å². The fourth-order valence-electron chi connectivity index (χ4n) is 4.12. The lowest BCUT2D eigenvalue weighted by Crippen LogP contribution is -2.42. The highest BCUT2D eigenvalue weighted by atomic mass is 16.6. The maximum atomic E-state index is 11.5. The number of hydrogen-bond donors (Lipinski definition) is 2. The van der Waals surface area contributed by atoms with E-state index in [-0.39, 0.29) is 29.8 Å². The summed E-state index contributed by atoms with van der Waals surface area (Å²) in [6.45, 7) is 0.537. The number of amides is 1. The summed E-state index contributed by atoms with van der Waals surface area (Å²) in [4.78, 5) is 22.5. The van der Waals surface area contributed by atoms with Crippen molar-refractivity contribution in [2.75, 3.05) is 23.8 Å². The number of benzene rings is 1. The van der Waals surface area contributed by atoms with Crippen molar-refractivity contribution < 1.29 is 19.2 Å². The molecule has 1 aromatic carbocycles. The second-order valence-corrected chi connectivity index (χ2v) is 7.03. The zero-order chi connectivity index (χ0) is 17.4. The summed E-state index contributed by atoms with van der Waals surface area (Å²) in [5, 5.41) is 17.5. The predicted octanol–water partition coefficient (Wildman–Crippen LogP) is 2.83. The van der Waals surface area contributed by atoms with Crippen LogP contribution in [0, 0.1) is 10.1 Å². The molecule has 1 spiro atoms. The van der Waals surface area contributed by atoms with Crippen molar-refractivity contribution in [3.05, 3.63) is 22.2 Å². The Morgan fingerprint density at radius 1 is 1.32 bits per heavy atom. The second kappa shape index (κ2) is 6.18. The molecule has 2 N–H and O–H groups in total. The lowest BCUT2D eigenvalue weighted by molar-refractivity contribution is -0.384. The summed E-state index contributed by atoms with van der Waals surface area (Å²) in [5.41, 5.74) is 0.763. The molecule has 2 aliphatic heterocycles. The molecular formula is C17H21N3O5. The third-order valence-corrected chi connectivity index (χ3v) is 5.29. The highest BCUT2D eigenvalue weighted by molar-refractivity contribution is 5.96. The molecule has 1 amide bonds. The molecule has 1 aromatic rings. The first-order chi connectivity index (χ1) is 12.0. The van der Waals surface area contributed by atoms with Gasteiger partial charge in [-0.15, -0.1) is 0 Å². The minimum atomic E-state index is -0.424. The Balaban J connectivity index is 1.59. The molecule has 2 heterocycles. The highest BCUT2D eigenvalue weighted by Crippen LogP contribution is 2.42. The predicted molar refractivity (Wildman–Crippen MR) is 91.0 cm³/mol. The molecular weight excluding hydrogens is 326 g/mol. The fourth-order valence-corrected chi connectivity index (χ4v) is 4.12. The van der Waals surface area contributed by atoms with E-state index < -0.39 is 4.92 Å². The fraction of sp³-hybridized carbons (Fsp3) is 0.588. The van der Waals surface area contributed by atoms with E-state index in [1.807, 2.05) is 0 Å². The molecule has 0 bridgehead atoms. The Kier molecular flexibility index (Phi) is 3.99. The standard InChI is InChI=1S/C17H21N3O5/c21-16-10-24-15-8-14(20(22)23)12(7-13(15)19-16)18-11-3-6-25-17(9-11)4-1-2-5-17/h7-8,11,18H,1-6,9-10H2,(H,19,21). The van der Waals surface area contributed by atoms with Crippen LogP contribution in [-0.2, 0) is 9.53 Å². The monoisotopic (exact) mass is 347 g/mol. The van der Waals surface area contributed by atoms with Crippen LogP contribution in [0.4, 0.5) is 17.1 Å². The van der Waals surface area contributed by atoms with E-state index in [1.165, 1.54) is 18.9 Å². The summed E-state index contributed by atoms with van der Waals surface area (Å²) in [6.07, 6.45) is 6.12. The number of hydrogen-bond acceptors (Lipinski definition) is 6. The molecule has 8 nitrogen and oxygen atoms in total. The van der Waals surface area contributed by atoms with E-state index >= 15 is 0 Å². The average molecular weight is 347 g/mol. The van der Waals surface area contributed by atoms with Gasteiger partial charge >= 0.3 is 0 Å². The average Bonchev–Trinajstić information content (AvgIpc) is 3.01. The molecule has 0 aromatic heterocycles. The third kappa shape index (κ3) is 3.13. The molecule has 1 aliphatic carbocycles. The number of fused-ring (bicyclic) bond motifs is 1. The van der Waals surface area contributed by atoms with Gasteiger partial charge in [0.2, 0.25) is 0 Å². The molecule has 134 valence electrons. The van der Waals surface area contributed by atoms with Crippen molar-refractivity contribution in [3.8, 4) is 5.75 Å². The Morgan fingerprint density at radius 2 is 2.12 bits per heavy atom. The minimum Gasteiger partial charge on any atom is -0.481 e. The zero-order valence-corrected chi connectivity index (χ0v) is 13.9. The molecule has 4 rings (SSSR count). The van der Waals surface area contributed by atoms with Crippen LogP contribution in [0.25, 0.3) is 0 Å². The molecule has 2 fully saturated rings. The summed E-state index contributed by atoms with van der Waals surface area (Å²) in [5.74, 6) is 0.0689. The Labute approximate surface area is 145 Å². The van der Waals surface area contributed by atoms with Crippen LogP contribution in [0.5, 0.6) is 5.75 Å². The lowest BCUT2D eigenvalue weighted by atomic mass is 9.88. The molecule has 25 heavy (non-hydrogen) atoms. The van der Waals surface area contributed by atoms with Crippen LogP contribution in [0.3, 0.4) is 0 Å². The SMILES string of the molecule is O=C1COc2cc([N+](=O)[O-])c(NC3CCOC4(CCCC4)C3)cc2N1. The molecule has 1 saturated heterocycles. The zero-order valence-electron chi connectivity index (χ0n) is 13.9. The van der Waals surface area contributed by atoms with Crippen LogP contribution in [0.2, 0.25) is 0 Å². The van der Waals surface area contributed by atoms with E-state index in [4.69, 9.17) is 9.47 Å². The molecule has 8 heteroatoms. The van der Waals surface area contributed by atoms with Gasteiger partial charge in [-0.1, -0.05) is 12.8 Å². The summed E-state index contributed by atoms with van der Waals surface area (Å²) in [7, 11) is 0. The van der Waals surface area contributed by atoms with Crippen molar-refractivity contribution >= 4 is 23.0 Å². The molecule has 1 unspecified atom stereocenters. The van der Waals surface area contributed by atoms with Crippen molar-refractivity contribution in [2.45, 2.75) is 50.2 Å². The number of nitro groups is 1. The summed E-state index contributed by atoms with van der Waals surface area (Å²) < 4.78 is 11.3. The van der Waals surface area contributed by atoms with Gasteiger partial charge in [0.25, 0.3) is 11.6 Å². The number of ether oxygens (including phenoxy) is 2. The van der Waals surface area contributed by atoms with E-state index in [0.29, 0.717) is 23.7 Å². The van der Waals surface area contributed by atoms with Gasteiger partial charge in [0.1, 0.15) is 5.69 Å². The number of nitro benzene ring substituents is 1. The first kappa shape index (κ1) is 16.1. The Hall–Kier alpha value is -2.35. The number of anilines is 2. The second-order valence-electron chi connectivity index (χ2n) is 7.03. The number of rotatable bonds is 3. The van der Waals surface area contributed by atoms with Gasteiger partial charge < -0.3 is 20.1 Å². The topological polar surface area (TPSA) is 103 Å². The first-order valence-corrected chi connectivity index (χ1v) is 8.70. The Morgan fingerprint density at radius 3 is 2.88 bits per heavy atom. The normalized spacial score (nSPS) is 24.3. The van der Waals surface area contributed by atoms with Crippen LogP contribution in [0.15, 0.2) is 12.1 Å². The van der Waals surface area contributed by atoms with Gasteiger partial charge in [0.15, 0.2) is 12.4 Å². The van der Waals surface area contributed by atoms with Crippen molar-refractivity contribution in [1.82, 2.24) is 0 Å². The molecule has 1 saturated carbocycles. The Bertz CT molecular complexity index is 714. The van der Waals surface area contributed by atoms with E-state index in [9.17, 15) is 14.9 Å². The molecule has 3 aliphatic rings. The van der Waals surface area contributed by atoms with Gasteiger partial charge in [0.05, 0.1) is 22.3 Å². The van der Waals surface area contributed by atoms with Crippen molar-refractivity contribution in [1.29, 1.82) is 0 Å². The number of carbonyl (C=O) groups is 1. The first-order valence-electron chi connectivity index (χ1n) is 8.70. The molecule has 0 radical (unpaired) electrons. The largest absolute Gasteiger partial charge is 0.481 e. The number of carbonyl (C=O) groups excluding carboxylic acids is 1.